The van der Waals surface area contributed by atoms with Crippen LogP contribution in [0, 0.1) is 0 Å². The molecule has 1 aromatic heterocycles. The van der Waals surface area contributed by atoms with E-state index in [-0.39, 0.29) is 60.8 Å². The molecule has 1 fully saturated rings. The number of amides is 3. The molecule has 240 valence electrons. The number of urea groups is 1. The molecule has 0 bridgehead atoms. The first kappa shape index (κ1) is 32.9. The second kappa shape index (κ2) is 13.8. The standard InChI is InChI=1S/C29H34N6O9S/c1-43-21-10-7-11-22(44-2)23(21)25(36)32-24-18(17-30-27(39)33-24)16-20(26(37)38)31-28(40)35-14-12-29(13-15-35,34-45(3,41)42)19-8-5-4-6-9-19/h4-11,17,20,34H,12-16H2,1-3H3,(H,31,40)(H,37,38)(H2,30,32,33,36,39). The van der Waals surface area contributed by atoms with Crippen molar-refractivity contribution in [3.63, 3.8) is 0 Å². The van der Waals surface area contributed by atoms with Gasteiger partial charge in [0.05, 0.1) is 26.0 Å². The summed E-state index contributed by atoms with van der Waals surface area (Å²) >= 11 is 0. The second-order valence-electron chi connectivity index (χ2n) is 10.4. The van der Waals surface area contributed by atoms with E-state index >= 15 is 0 Å². The van der Waals surface area contributed by atoms with Gasteiger partial charge in [0, 0.05) is 31.3 Å². The predicted octanol–water partition coefficient (Wildman–Crippen LogP) is 1.29. The van der Waals surface area contributed by atoms with Gasteiger partial charge in [-0.15, -0.1) is 0 Å². The topological polar surface area (TPSA) is 209 Å². The number of aromatic amines is 1. The van der Waals surface area contributed by atoms with Gasteiger partial charge in [-0.05, 0) is 30.5 Å². The number of likely N-dealkylation sites (tertiary alicyclic amines) is 1. The number of hydrogen-bond donors (Lipinski definition) is 5. The molecule has 2 aromatic carbocycles. The number of nitrogens with zero attached hydrogens (tertiary/aromatic N) is 2. The normalized spacial score (nSPS) is 15.0. The van der Waals surface area contributed by atoms with Crippen LogP contribution in [0.5, 0.6) is 11.5 Å². The number of methoxy groups -OCH3 is 2. The first-order valence-electron chi connectivity index (χ1n) is 13.8. The number of H-pyrrole nitrogens is 1. The highest BCUT2D eigenvalue weighted by molar-refractivity contribution is 7.88. The lowest BCUT2D eigenvalue weighted by Gasteiger charge is -2.42. The molecular weight excluding hydrogens is 608 g/mol. The third-order valence-electron chi connectivity index (χ3n) is 7.41. The molecule has 45 heavy (non-hydrogen) atoms. The summed E-state index contributed by atoms with van der Waals surface area (Å²) in [6.07, 6.45) is 2.44. The van der Waals surface area contributed by atoms with E-state index in [9.17, 15) is 32.7 Å². The third-order valence-corrected chi connectivity index (χ3v) is 8.17. The lowest BCUT2D eigenvalue weighted by Crippen LogP contribution is -2.57. The van der Waals surface area contributed by atoms with Crippen molar-refractivity contribution in [3.05, 3.63) is 81.9 Å². The molecule has 16 heteroatoms. The number of carboxylic acid groups (broad SMARTS) is 1. The predicted molar refractivity (Wildman–Crippen MR) is 163 cm³/mol. The van der Waals surface area contributed by atoms with Crippen LogP contribution in [0.4, 0.5) is 10.6 Å². The van der Waals surface area contributed by atoms with Gasteiger partial charge in [0.15, 0.2) is 0 Å². The van der Waals surface area contributed by atoms with Gasteiger partial charge in [0.1, 0.15) is 28.9 Å². The number of nitrogens with one attached hydrogen (secondary N) is 4. The summed E-state index contributed by atoms with van der Waals surface area (Å²) in [6, 6.07) is 11.6. The van der Waals surface area contributed by atoms with E-state index in [2.05, 4.69) is 25.3 Å². The molecule has 1 aliphatic heterocycles. The zero-order valence-electron chi connectivity index (χ0n) is 24.8. The maximum absolute atomic E-state index is 13.2. The molecule has 0 saturated carbocycles. The summed E-state index contributed by atoms with van der Waals surface area (Å²) < 4.78 is 37.7. The molecule has 3 aromatic rings. The van der Waals surface area contributed by atoms with E-state index in [1.807, 2.05) is 18.2 Å². The summed E-state index contributed by atoms with van der Waals surface area (Å²) in [7, 11) is -0.857. The van der Waals surface area contributed by atoms with Crippen LogP contribution in [0.25, 0.3) is 0 Å². The largest absolute Gasteiger partial charge is 0.496 e. The number of aromatic nitrogens is 2. The molecule has 0 spiro atoms. The quantitative estimate of drug-likeness (QED) is 0.202. The first-order valence-corrected chi connectivity index (χ1v) is 15.7. The number of sulfonamides is 1. The molecule has 1 unspecified atom stereocenters. The second-order valence-corrected chi connectivity index (χ2v) is 12.2. The van der Waals surface area contributed by atoms with Gasteiger partial charge in [0.2, 0.25) is 10.0 Å². The van der Waals surface area contributed by atoms with Crippen LogP contribution < -0.4 is 30.5 Å². The van der Waals surface area contributed by atoms with Crippen molar-refractivity contribution in [1.82, 2.24) is 24.9 Å². The Balaban J connectivity index is 1.50. The van der Waals surface area contributed by atoms with Gasteiger partial charge < -0.3 is 35.1 Å². The zero-order chi connectivity index (χ0) is 32.8. The number of carbonyl (C=O) groups is 3. The highest BCUT2D eigenvalue weighted by Crippen LogP contribution is 2.34. The van der Waals surface area contributed by atoms with Crippen molar-refractivity contribution >= 4 is 33.7 Å². The first-order chi connectivity index (χ1) is 21.4. The van der Waals surface area contributed by atoms with Gasteiger partial charge in [-0.25, -0.2) is 27.5 Å². The molecule has 3 amide bonds. The number of carbonyl (C=O) groups excluding carboxylic acids is 2. The van der Waals surface area contributed by atoms with Crippen molar-refractivity contribution in [3.8, 4) is 11.5 Å². The molecule has 1 atom stereocenters. The Hall–Kier alpha value is -4.96. The van der Waals surface area contributed by atoms with Crippen LogP contribution in [-0.4, -0.2) is 85.9 Å². The van der Waals surface area contributed by atoms with E-state index in [0.717, 1.165) is 11.8 Å². The Morgan fingerprint density at radius 1 is 1.04 bits per heavy atom. The van der Waals surface area contributed by atoms with E-state index in [1.165, 1.54) is 25.3 Å². The Morgan fingerprint density at radius 2 is 1.67 bits per heavy atom. The van der Waals surface area contributed by atoms with Crippen LogP contribution in [0.2, 0.25) is 0 Å². The number of aliphatic carboxylic acids is 1. The summed E-state index contributed by atoms with van der Waals surface area (Å²) in [5, 5.41) is 15.0. The number of carboxylic acids is 1. The van der Waals surface area contributed by atoms with Crippen molar-refractivity contribution in [1.29, 1.82) is 0 Å². The summed E-state index contributed by atoms with van der Waals surface area (Å²) in [4.78, 5) is 58.3. The molecule has 1 saturated heterocycles. The Bertz CT molecular complexity index is 1700. The van der Waals surface area contributed by atoms with Crippen molar-refractivity contribution < 1.29 is 37.4 Å². The van der Waals surface area contributed by atoms with E-state index in [1.54, 1.807) is 30.3 Å². The third kappa shape index (κ3) is 7.96. The maximum atomic E-state index is 13.2. The van der Waals surface area contributed by atoms with E-state index in [4.69, 9.17) is 9.47 Å². The van der Waals surface area contributed by atoms with Crippen LogP contribution >= 0.6 is 0 Å². The molecular formula is C29H34N6O9S. The monoisotopic (exact) mass is 642 g/mol. The van der Waals surface area contributed by atoms with E-state index in [0.29, 0.717) is 0 Å². The summed E-state index contributed by atoms with van der Waals surface area (Å²) in [5.74, 6) is -1.92. The number of benzene rings is 2. The lowest BCUT2D eigenvalue weighted by atomic mass is 9.82. The van der Waals surface area contributed by atoms with Gasteiger partial charge in [-0.1, -0.05) is 36.4 Å². The summed E-state index contributed by atoms with van der Waals surface area (Å²) in [5.41, 5.74) is -0.819. The molecule has 15 nitrogen and oxygen atoms in total. The van der Waals surface area contributed by atoms with Crippen molar-refractivity contribution in [2.45, 2.75) is 30.8 Å². The Kier molecular flexibility index (Phi) is 10.1. The maximum Gasteiger partial charge on any atom is 0.346 e. The lowest BCUT2D eigenvalue weighted by molar-refractivity contribution is -0.139. The van der Waals surface area contributed by atoms with Crippen LogP contribution in [0.1, 0.15) is 34.3 Å². The Morgan fingerprint density at radius 3 is 2.22 bits per heavy atom. The highest BCUT2D eigenvalue weighted by atomic mass is 32.2. The van der Waals surface area contributed by atoms with E-state index < -0.39 is 45.2 Å². The molecule has 5 N–H and O–H groups in total. The van der Waals surface area contributed by atoms with Crippen LogP contribution in [0.15, 0.2) is 59.5 Å². The number of anilines is 1. The summed E-state index contributed by atoms with van der Waals surface area (Å²) in [6.45, 7) is 0.274. The van der Waals surface area contributed by atoms with Gasteiger partial charge in [-0.2, -0.15) is 4.98 Å². The zero-order valence-corrected chi connectivity index (χ0v) is 25.6. The van der Waals surface area contributed by atoms with Crippen LogP contribution in [0.3, 0.4) is 0 Å². The minimum atomic E-state index is -3.60. The number of ether oxygens (including phenoxy) is 2. The smallest absolute Gasteiger partial charge is 0.346 e. The fourth-order valence-electron chi connectivity index (χ4n) is 5.25. The Labute approximate surface area is 259 Å². The highest BCUT2D eigenvalue weighted by Gasteiger charge is 2.40. The molecule has 2 heterocycles. The average Bonchev–Trinajstić information content (AvgIpc) is 3.01. The number of hydrogen-bond acceptors (Lipinski definition) is 9. The number of piperidine rings is 1. The molecule has 4 rings (SSSR count). The SMILES string of the molecule is COc1cccc(OC)c1C(=O)Nc1nc(=O)[nH]cc1CC(NC(=O)N1CCC(NS(C)(=O)=O)(c2ccccc2)CC1)C(=O)O. The molecule has 0 aliphatic carbocycles. The minimum Gasteiger partial charge on any atom is -0.496 e. The molecule has 1 aliphatic rings. The average molecular weight is 643 g/mol. The van der Waals surface area contributed by atoms with Crippen molar-refractivity contribution in [2.75, 3.05) is 38.9 Å². The van der Waals surface area contributed by atoms with Crippen molar-refractivity contribution in [2.24, 2.45) is 0 Å². The van der Waals surface area contributed by atoms with Crippen LogP contribution in [-0.2, 0) is 26.8 Å². The molecule has 0 radical (unpaired) electrons. The van der Waals surface area contributed by atoms with Gasteiger partial charge >= 0.3 is 17.7 Å². The van der Waals surface area contributed by atoms with Gasteiger partial charge in [0.25, 0.3) is 5.91 Å². The fraction of sp³-hybridized carbons (Fsp3) is 0.345. The number of rotatable bonds is 11. The fourth-order valence-corrected chi connectivity index (χ4v) is 6.28. The minimum absolute atomic E-state index is 0.0284. The van der Waals surface area contributed by atoms with Gasteiger partial charge in [-0.3, -0.25) is 4.79 Å².